The van der Waals surface area contributed by atoms with Crippen molar-refractivity contribution in [2.24, 2.45) is 5.92 Å². The minimum Gasteiger partial charge on any atom is -0.311 e. The van der Waals surface area contributed by atoms with Crippen LogP contribution in [0.4, 0.5) is 0 Å². The van der Waals surface area contributed by atoms with E-state index in [2.05, 4.69) is 0 Å². The molecule has 2 heterocycles. The number of hydrogen-bond acceptors (Lipinski definition) is 6. The molecule has 2 unspecified atom stereocenters. The fourth-order valence-electron chi connectivity index (χ4n) is 1.96. The maximum Gasteiger partial charge on any atom is 0.256 e. The molecule has 0 bridgehead atoms. The fourth-order valence-corrected chi connectivity index (χ4v) is 4.70. The van der Waals surface area contributed by atoms with E-state index >= 15 is 0 Å². The predicted molar refractivity (Wildman–Crippen MR) is 66.0 cm³/mol. The third kappa shape index (κ3) is 1.37. The summed E-state index contributed by atoms with van der Waals surface area (Å²) in [6.07, 6.45) is 0. The number of ether oxygens (including phenoxy) is 1. The third-order valence-electron chi connectivity index (χ3n) is 2.75. The molecule has 0 aliphatic carbocycles. The minimum atomic E-state index is -1.74. The lowest BCUT2D eigenvalue weighted by Gasteiger charge is -2.18. The summed E-state index contributed by atoms with van der Waals surface area (Å²) in [7, 11) is 0. The van der Waals surface area contributed by atoms with Gasteiger partial charge in [0.2, 0.25) is 0 Å². The van der Waals surface area contributed by atoms with Gasteiger partial charge in [0.15, 0.2) is 0 Å². The molecule has 0 amide bonds. The Morgan fingerprint density at radius 2 is 1.65 bits per heavy atom. The molecule has 2 atom stereocenters. The summed E-state index contributed by atoms with van der Waals surface area (Å²) >= 11 is 3.28. The van der Waals surface area contributed by atoms with Gasteiger partial charge in [-0.15, -0.1) is 11.8 Å². The first-order chi connectivity index (χ1) is 8.09. The predicted octanol–water partition coefficient (Wildman–Crippen LogP) is 1.60. The van der Waals surface area contributed by atoms with E-state index in [9.17, 15) is 0 Å². The second-order valence-electron chi connectivity index (χ2n) is 3.56. The van der Waals surface area contributed by atoms with E-state index in [0.717, 1.165) is 3.58 Å². The van der Waals surface area contributed by atoms with Crippen molar-refractivity contribution in [1.29, 1.82) is 21.0 Å². The van der Waals surface area contributed by atoms with Crippen LogP contribution in [0.1, 0.15) is 0 Å². The quantitative estimate of drug-likeness (QED) is 0.612. The van der Waals surface area contributed by atoms with Crippen LogP contribution in [0.5, 0.6) is 0 Å². The van der Waals surface area contributed by atoms with E-state index in [1.807, 2.05) is 34.7 Å². The van der Waals surface area contributed by atoms with Crippen molar-refractivity contribution < 1.29 is 4.74 Å². The van der Waals surface area contributed by atoms with Gasteiger partial charge < -0.3 is 4.74 Å². The van der Waals surface area contributed by atoms with Crippen LogP contribution in [0.25, 0.3) is 0 Å². The van der Waals surface area contributed by atoms with Gasteiger partial charge in [0, 0.05) is 3.58 Å². The standard InChI is InChI=1S/C10H3IN4OS/c11-6-1-17-8-7(6)9(2-12,3-13)16-10(8,4-14)5-15/h1,7-8H. The van der Waals surface area contributed by atoms with Gasteiger partial charge in [-0.05, 0) is 28.0 Å². The van der Waals surface area contributed by atoms with Gasteiger partial charge in [-0.3, -0.25) is 0 Å². The molecule has 0 radical (unpaired) electrons. The maximum atomic E-state index is 9.15. The zero-order valence-corrected chi connectivity index (χ0v) is 11.2. The van der Waals surface area contributed by atoms with E-state index in [4.69, 9.17) is 25.8 Å². The Morgan fingerprint density at radius 3 is 2.12 bits per heavy atom. The van der Waals surface area contributed by atoms with Gasteiger partial charge in [-0.2, -0.15) is 21.0 Å². The molecule has 5 nitrogen and oxygen atoms in total. The highest BCUT2D eigenvalue weighted by atomic mass is 127. The van der Waals surface area contributed by atoms with Crippen molar-refractivity contribution in [1.82, 2.24) is 0 Å². The Bertz CT molecular complexity index is 545. The monoisotopic (exact) mass is 354 g/mol. The van der Waals surface area contributed by atoms with Gasteiger partial charge >= 0.3 is 0 Å². The molecule has 0 aromatic rings. The van der Waals surface area contributed by atoms with E-state index in [1.54, 1.807) is 17.5 Å². The van der Waals surface area contributed by atoms with Gasteiger partial charge in [-0.1, -0.05) is 0 Å². The number of halogens is 1. The lowest BCUT2D eigenvalue weighted by Crippen LogP contribution is -2.35. The lowest BCUT2D eigenvalue weighted by atomic mass is 9.86. The molecule has 1 fully saturated rings. The topological polar surface area (TPSA) is 104 Å². The average molecular weight is 354 g/mol. The molecule has 2 aliphatic rings. The van der Waals surface area contributed by atoms with E-state index < -0.39 is 22.4 Å². The van der Waals surface area contributed by atoms with E-state index in [0.29, 0.717) is 0 Å². The van der Waals surface area contributed by atoms with Gasteiger partial charge in [0.1, 0.15) is 24.3 Å². The van der Waals surface area contributed by atoms with Crippen molar-refractivity contribution in [2.75, 3.05) is 0 Å². The van der Waals surface area contributed by atoms with E-state index in [1.165, 1.54) is 11.8 Å². The summed E-state index contributed by atoms with van der Waals surface area (Å²) in [5.41, 5.74) is -3.48. The Morgan fingerprint density at radius 1 is 1.12 bits per heavy atom. The van der Waals surface area contributed by atoms with Crippen LogP contribution in [-0.2, 0) is 4.74 Å². The van der Waals surface area contributed by atoms with Gasteiger partial charge in [0.05, 0.1) is 11.2 Å². The molecular weight excluding hydrogens is 351 g/mol. The van der Waals surface area contributed by atoms with Crippen LogP contribution in [0.3, 0.4) is 0 Å². The molecule has 0 saturated carbocycles. The summed E-state index contributed by atoms with van der Waals surface area (Å²) in [6.45, 7) is 0. The molecule has 82 valence electrons. The highest BCUT2D eigenvalue weighted by molar-refractivity contribution is 14.1. The smallest absolute Gasteiger partial charge is 0.256 e. The summed E-state index contributed by atoms with van der Waals surface area (Å²) in [6, 6.07) is 7.21. The Hall–Kier alpha value is -1.26. The molecule has 0 spiro atoms. The molecule has 1 saturated heterocycles. The largest absolute Gasteiger partial charge is 0.311 e. The second kappa shape index (κ2) is 3.89. The maximum absolute atomic E-state index is 9.15. The van der Waals surface area contributed by atoms with Gasteiger partial charge in [-0.25, -0.2) is 0 Å². The summed E-state index contributed by atoms with van der Waals surface area (Å²) < 4.78 is 6.03. The van der Waals surface area contributed by atoms with Crippen LogP contribution in [0.2, 0.25) is 0 Å². The minimum absolute atomic E-state index is 0.524. The fraction of sp³-hybridized carbons (Fsp3) is 0.400. The first kappa shape index (κ1) is 12.2. The van der Waals surface area contributed by atoms with Crippen molar-refractivity contribution in [2.45, 2.75) is 16.5 Å². The number of hydrogen-bond donors (Lipinski definition) is 0. The van der Waals surface area contributed by atoms with Crippen molar-refractivity contribution in [3.63, 3.8) is 0 Å². The number of nitriles is 4. The molecule has 17 heavy (non-hydrogen) atoms. The highest BCUT2D eigenvalue weighted by Crippen LogP contribution is 2.56. The summed E-state index contributed by atoms with van der Waals surface area (Å²) in [5, 5.41) is 37.8. The number of rotatable bonds is 0. The molecule has 0 aromatic heterocycles. The van der Waals surface area contributed by atoms with Gasteiger partial charge in [0.25, 0.3) is 11.2 Å². The highest BCUT2D eigenvalue weighted by Gasteiger charge is 2.67. The Balaban J connectivity index is 2.62. The normalized spacial score (nSPS) is 31.2. The first-order valence-corrected chi connectivity index (χ1v) is 6.47. The van der Waals surface area contributed by atoms with Crippen LogP contribution in [-0.4, -0.2) is 16.5 Å². The molecule has 7 heteroatoms. The summed E-state index contributed by atoms with van der Waals surface area (Å²) in [5.74, 6) is -0.539. The average Bonchev–Trinajstić information content (AvgIpc) is 2.88. The van der Waals surface area contributed by atoms with Crippen LogP contribution in [0, 0.1) is 51.2 Å². The Labute approximate surface area is 115 Å². The number of fused-ring (bicyclic) bond motifs is 1. The first-order valence-electron chi connectivity index (χ1n) is 4.45. The molecular formula is C10H3IN4OS. The zero-order valence-electron chi connectivity index (χ0n) is 8.22. The lowest BCUT2D eigenvalue weighted by molar-refractivity contribution is 0.0153. The van der Waals surface area contributed by atoms with Crippen LogP contribution in [0.15, 0.2) is 8.99 Å². The van der Waals surface area contributed by atoms with Crippen molar-refractivity contribution in [3.05, 3.63) is 8.99 Å². The number of nitrogens with zero attached hydrogens (tertiary/aromatic N) is 4. The molecule has 2 aliphatic heterocycles. The molecule has 0 aromatic carbocycles. The van der Waals surface area contributed by atoms with Crippen molar-refractivity contribution >= 4 is 34.4 Å². The van der Waals surface area contributed by atoms with Crippen LogP contribution < -0.4 is 0 Å². The second-order valence-corrected chi connectivity index (χ2v) is 5.82. The third-order valence-corrected chi connectivity index (χ3v) is 5.44. The molecule has 0 N–H and O–H groups in total. The number of thioether (sulfide) groups is 1. The molecule has 2 rings (SSSR count). The Kier molecular flexibility index (Phi) is 2.79. The zero-order chi connectivity index (χ0) is 12.7. The summed E-state index contributed by atoms with van der Waals surface area (Å²) in [4.78, 5) is 0. The SMILES string of the molecule is N#CC1(C#N)OC(C#N)(C#N)C2C(I)=CSC21. The van der Waals surface area contributed by atoms with E-state index in [-0.39, 0.29) is 0 Å². The van der Waals surface area contributed by atoms with Crippen molar-refractivity contribution in [3.8, 4) is 24.3 Å². The van der Waals surface area contributed by atoms with Crippen LogP contribution >= 0.6 is 34.4 Å².